The number of ether oxygens (including phenoxy) is 4. The van der Waals surface area contributed by atoms with E-state index in [2.05, 4.69) is 12.1 Å². The highest BCUT2D eigenvalue weighted by atomic mass is 16.7. The number of rotatable bonds is 4. The van der Waals surface area contributed by atoms with Crippen molar-refractivity contribution in [1.29, 1.82) is 10.5 Å². The molecule has 0 unspecified atom stereocenters. The van der Waals surface area contributed by atoms with Crippen LogP contribution in [0.5, 0.6) is 11.5 Å². The van der Waals surface area contributed by atoms with E-state index in [0.29, 0.717) is 36.5 Å². The van der Waals surface area contributed by atoms with E-state index in [4.69, 9.17) is 18.9 Å². The number of hydrogen-bond donors (Lipinski definition) is 0. The summed E-state index contributed by atoms with van der Waals surface area (Å²) in [5.74, 6) is -0.132. The third kappa shape index (κ3) is 1.90. The molecular weight excluding hydrogens is 336 g/mol. The van der Waals surface area contributed by atoms with Gasteiger partial charge in [0.05, 0.1) is 50.4 Å². The van der Waals surface area contributed by atoms with Crippen LogP contribution in [0.2, 0.25) is 0 Å². The number of carbonyl (C=O) groups is 1. The van der Waals surface area contributed by atoms with Crippen LogP contribution < -0.4 is 9.47 Å². The Morgan fingerprint density at radius 1 is 1.23 bits per heavy atom. The summed E-state index contributed by atoms with van der Waals surface area (Å²) >= 11 is 0. The molecule has 0 aromatic heterocycles. The Bertz CT molecular complexity index is 840. The number of nitrogens with zero attached hydrogens (tertiary/aromatic N) is 2. The number of nitriles is 2. The Kier molecular flexibility index (Phi) is 3.69. The molecule has 2 heterocycles. The van der Waals surface area contributed by atoms with Crippen LogP contribution in [-0.4, -0.2) is 39.0 Å². The monoisotopic (exact) mass is 354 g/mol. The lowest BCUT2D eigenvalue weighted by Gasteiger charge is -2.29. The van der Waals surface area contributed by atoms with Gasteiger partial charge in [-0.2, -0.15) is 10.5 Å². The van der Waals surface area contributed by atoms with Gasteiger partial charge in [-0.05, 0) is 31.0 Å². The predicted octanol–water partition coefficient (Wildman–Crippen LogP) is 2.07. The third-order valence-electron chi connectivity index (χ3n) is 5.93. The Morgan fingerprint density at radius 3 is 2.62 bits per heavy atom. The van der Waals surface area contributed by atoms with Crippen LogP contribution >= 0.6 is 0 Å². The van der Waals surface area contributed by atoms with Crippen molar-refractivity contribution in [3.05, 3.63) is 23.8 Å². The van der Waals surface area contributed by atoms with E-state index in [-0.39, 0.29) is 11.9 Å². The molecule has 2 saturated heterocycles. The molecule has 1 spiro atoms. The Hall–Kier alpha value is -2.61. The number of fused-ring (bicyclic) bond motifs is 3. The quantitative estimate of drug-likeness (QED) is 0.763. The van der Waals surface area contributed by atoms with E-state index < -0.39 is 23.0 Å². The maximum absolute atomic E-state index is 13.2. The van der Waals surface area contributed by atoms with Gasteiger partial charge in [0.25, 0.3) is 0 Å². The van der Waals surface area contributed by atoms with Gasteiger partial charge in [-0.25, -0.2) is 0 Å². The summed E-state index contributed by atoms with van der Waals surface area (Å²) in [4.78, 5) is 13.2. The van der Waals surface area contributed by atoms with Crippen molar-refractivity contribution in [3.8, 4) is 23.6 Å². The summed E-state index contributed by atoms with van der Waals surface area (Å²) in [7, 11) is 3.00. The molecule has 0 N–H and O–H groups in total. The van der Waals surface area contributed by atoms with Gasteiger partial charge in [0, 0.05) is 5.56 Å². The van der Waals surface area contributed by atoms with Crippen LogP contribution in [0.4, 0.5) is 0 Å². The molecule has 1 aromatic rings. The maximum Gasteiger partial charge on any atom is 0.169 e. The molecule has 134 valence electrons. The largest absolute Gasteiger partial charge is 0.493 e. The summed E-state index contributed by atoms with van der Waals surface area (Å²) in [5, 5.41) is 19.5. The molecule has 1 aromatic carbocycles. The lowest BCUT2D eigenvalue weighted by Crippen LogP contribution is -2.35. The molecule has 2 aliphatic heterocycles. The SMILES string of the molecule is COc1ccc(C(=O)[C@@H]2C(C#N)(C#N)[C@]23CC[C@@H]2CO[C@@H]3O2)cc1OC. The van der Waals surface area contributed by atoms with Crippen LogP contribution in [-0.2, 0) is 9.47 Å². The first-order chi connectivity index (χ1) is 12.6. The Labute approximate surface area is 151 Å². The summed E-state index contributed by atoms with van der Waals surface area (Å²) in [6, 6.07) is 9.04. The fourth-order valence-electron chi connectivity index (χ4n) is 4.56. The number of ketones is 1. The normalized spacial score (nSPS) is 33.2. The zero-order valence-electron chi connectivity index (χ0n) is 14.5. The van der Waals surface area contributed by atoms with Gasteiger partial charge in [-0.15, -0.1) is 0 Å². The third-order valence-corrected chi connectivity index (χ3v) is 5.93. The lowest BCUT2D eigenvalue weighted by atomic mass is 9.86. The Balaban J connectivity index is 1.74. The predicted molar refractivity (Wildman–Crippen MR) is 87.3 cm³/mol. The summed E-state index contributed by atoms with van der Waals surface area (Å²) < 4.78 is 22.0. The van der Waals surface area contributed by atoms with Gasteiger partial charge < -0.3 is 18.9 Å². The van der Waals surface area contributed by atoms with Gasteiger partial charge >= 0.3 is 0 Å². The molecule has 1 aliphatic carbocycles. The topological polar surface area (TPSA) is 102 Å². The van der Waals surface area contributed by atoms with Crippen molar-refractivity contribution < 1.29 is 23.7 Å². The van der Waals surface area contributed by atoms with Crippen LogP contribution in [0.25, 0.3) is 0 Å². The van der Waals surface area contributed by atoms with E-state index in [1.165, 1.54) is 14.2 Å². The summed E-state index contributed by atoms with van der Waals surface area (Å²) in [6.45, 7) is 0.441. The number of carbonyl (C=O) groups excluding carboxylic acids is 1. The highest BCUT2D eigenvalue weighted by Crippen LogP contribution is 2.76. The number of Topliss-reactive ketones (excluding diaryl/α,β-unsaturated/α-hetero) is 1. The van der Waals surface area contributed by atoms with E-state index in [1.807, 2.05) is 0 Å². The molecule has 3 aliphatic rings. The second-order valence-corrected chi connectivity index (χ2v) is 6.90. The van der Waals surface area contributed by atoms with Crippen molar-refractivity contribution in [3.63, 3.8) is 0 Å². The van der Waals surface area contributed by atoms with Gasteiger partial charge in [0.1, 0.15) is 0 Å². The molecular formula is C19H18N2O5. The summed E-state index contributed by atoms with van der Waals surface area (Å²) in [5.41, 5.74) is -1.97. The van der Waals surface area contributed by atoms with Gasteiger partial charge in [-0.3, -0.25) is 4.79 Å². The molecule has 1 saturated carbocycles. The van der Waals surface area contributed by atoms with Crippen molar-refractivity contribution in [2.75, 3.05) is 20.8 Å². The molecule has 0 radical (unpaired) electrons. The molecule has 7 nitrogen and oxygen atoms in total. The first-order valence-electron chi connectivity index (χ1n) is 8.43. The Morgan fingerprint density at radius 2 is 1.96 bits per heavy atom. The average Bonchev–Trinajstić information content (AvgIpc) is 3.06. The summed E-state index contributed by atoms with van der Waals surface area (Å²) in [6.07, 6.45) is 0.539. The van der Waals surface area contributed by atoms with Crippen molar-refractivity contribution >= 4 is 5.78 Å². The zero-order valence-corrected chi connectivity index (χ0v) is 14.5. The number of benzene rings is 1. The lowest BCUT2D eigenvalue weighted by molar-refractivity contribution is -0.140. The van der Waals surface area contributed by atoms with E-state index in [0.717, 1.165) is 0 Å². The number of hydrogen-bond acceptors (Lipinski definition) is 7. The maximum atomic E-state index is 13.2. The van der Waals surface area contributed by atoms with Gasteiger partial charge in [-0.1, -0.05) is 0 Å². The van der Waals surface area contributed by atoms with Crippen LogP contribution in [0, 0.1) is 39.4 Å². The first kappa shape index (κ1) is 16.8. The van der Waals surface area contributed by atoms with E-state index in [9.17, 15) is 15.3 Å². The fraction of sp³-hybridized carbons (Fsp3) is 0.526. The van der Waals surface area contributed by atoms with E-state index >= 15 is 0 Å². The standard InChI is InChI=1S/C19H18N2O5/c1-23-13-4-3-11(7-14(13)24-2)15(22)16-18(9-20,10-21)19(16)6-5-12-8-25-17(19)26-12/h3-4,7,12,16-17H,5-6,8H2,1-2H3/t12-,16-,17-,19-/m1/s1. The highest BCUT2D eigenvalue weighted by molar-refractivity contribution is 6.03. The second kappa shape index (κ2) is 5.70. The smallest absolute Gasteiger partial charge is 0.169 e. The van der Waals surface area contributed by atoms with Crippen LogP contribution in [0.3, 0.4) is 0 Å². The van der Waals surface area contributed by atoms with Crippen molar-refractivity contribution in [2.24, 2.45) is 16.7 Å². The molecule has 26 heavy (non-hydrogen) atoms. The van der Waals surface area contributed by atoms with Crippen molar-refractivity contribution in [1.82, 2.24) is 0 Å². The minimum Gasteiger partial charge on any atom is -0.493 e. The second-order valence-electron chi connectivity index (χ2n) is 6.90. The molecule has 0 amide bonds. The minimum absolute atomic E-state index is 0.0156. The van der Waals surface area contributed by atoms with Crippen LogP contribution in [0.15, 0.2) is 18.2 Å². The molecule has 7 heteroatoms. The van der Waals surface area contributed by atoms with Crippen molar-refractivity contribution in [2.45, 2.75) is 25.2 Å². The molecule has 3 fully saturated rings. The number of methoxy groups -OCH3 is 2. The fourth-order valence-corrected chi connectivity index (χ4v) is 4.56. The zero-order chi connectivity index (χ0) is 18.5. The molecule has 2 bridgehead atoms. The van der Waals surface area contributed by atoms with Gasteiger partial charge in [0.2, 0.25) is 0 Å². The van der Waals surface area contributed by atoms with Gasteiger partial charge in [0.15, 0.2) is 29.0 Å². The minimum atomic E-state index is -1.43. The highest BCUT2D eigenvalue weighted by Gasteiger charge is 2.86. The first-order valence-corrected chi connectivity index (χ1v) is 8.43. The molecule has 4 rings (SSSR count). The van der Waals surface area contributed by atoms with E-state index in [1.54, 1.807) is 18.2 Å². The molecule has 4 atom stereocenters. The average molecular weight is 354 g/mol. The van der Waals surface area contributed by atoms with Crippen LogP contribution in [0.1, 0.15) is 23.2 Å².